The lowest BCUT2D eigenvalue weighted by molar-refractivity contribution is 0.586. The Kier molecular flexibility index (Phi) is 5.83. The number of halogens is 2. The summed E-state index contributed by atoms with van der Waals surface area (Å²) in [6.07, 6.45) is 4.58. The lowest BCUT2D eigenvalue weighted by Gasteiger charge is -1.97. The molecule has 0 aromatic carbocycles. The molecule has 0 spiro atoms. The van der Waals surface area contributed by atoms with Crippen LogP contribution in [0.25, 0.3) is 0 Å². The highest BCUT2D eigenvalue weighted by Gasteiger charge is 2.03. The molecule has 0 aliphatic carbocycles. The van der Waals surface area contributed by atoms with E-state index in [2.05, 4.69) is 6.58 Å². The van der Waals surface area contributed by atoms with Crippen LogP contribution < -0.4 is 0 Å². The van der Waals surface area contributed by atoms with Crippen molar-refractivity contribution in [1.29, 1.82) is 0 Å². The molecule has 1 unspecified atom stereocenters. The third-order valence-electron chi connectivity index (χ3n) is 1.34. The topological polar surface area (TPSA) is 0 Å². The van der Waals surface area contributed by atoms with E-state index in [1.807, 2.05) is 6.92 Å². The summed E-state index contributed by atoms with van der Waals surface area (Å²) in [5, 5.41) is 0. The van der Waals surface area contributed by atoms with Crippen LogP contribution in [0, 0.1) is 0 Å². The first-order chi connectivity index (χ1) is 5.63. The Bertz CT molecular complexity index is 213. The minimum atomic E-state index is -0.878. The molecule has 0 nitrogen and oxygen atoms in total. The average molecular weight is 190 g/mol. The van der Waals surface area contributed by atoms with Gasteiger partial charge in [0.1, 0.15) is 0 Å². The molecule has 0 N–H and O–H groups in total. The number of allylic oxidation sites excluding steroid dienone is 4. The number of hydrogen-bond acceptors (Lipinski definition) is 0. The summed E-state index contributed by atoms with van der Waals surface area (Å²) in [5.74, 6) is -0.844. The fourth-order valence-corrected chi connectivity index (χ4v) is 0.867. The van der Waals surface area contributed by atoms with Crippen molar-refractivity contribution in [3.05, 3.63) is 35.7 Å². The molecule has 0 saturated heterocycles. The van der Waals surface area contributed by atoms with E-state index in [0.29, 0.717) is 0 Å². The van der Waals surface area contributed by atoms with Gasteiger partial charge in [0, 0.05) is 5.57 Å². The molecule has 0 radical (unpaired) electrons. The van der Waals surface area contributed by atoms with E-state index in [1.165, 1.54) is 6.08 Å². The molecule has 3 heteroatoms. The van der Waals surface area contributed by atoms with Crippen molar-refractivity contribution in [3.63, 3.8) is 0 Å². The van der Waals surface area contributed by atoms with E-state index in [4.69, 9.17) is 0 Å². The normalized spacial score (nSPS) is 14.2. The van der Waals surface area contributed by atoms with Crippen LogP contribution in [0.5, 0.6) is 0 Å². The molecular formula is C9H13F2P. The van der Waals surface area contributed by atoms with Gasteiger partial charge in [-0.25, -0.2) is 8.78 Å². The number of unbranched alkanes of at least 4 members (excludes halogenated alkanes) is 1. The molecule has 0 rings (SSSR count). The zero-order valence-electron chi connectivity index (χ0n) is 7.11. The SMILES string of the molecule is C=CC(=C\CCC)/C(F)=C(/F)P. The van der Waals surface area contributed by atoms with Crippen LogP contribution in [0.4, 0.5) is 8.78 Å². The van der Waals surface area contributed by atoms with Crippen LogP contribution in [0.1, 0.15) is 19.8 Å². The molecule has 68 valence electrons. The molecule has 0 aromatic rings. The smallest absolute Gasteiger partial charge is 0.165 e. The summed E-state index contributed by atoms with van der Waals surface area (Å²) in [6.45, 7) is 5.37. The Morgan fingerprint density at radius 2 is 2.08 bits per heavy atom. The van der Waals surface area contributed by atoms with Gasteiger partial charge in [0.15, 0.2) is 11.4 Å². The van der Waals surface area contributed by atoms with Gasteiger partial charge in [-0.2, -0.15) is 0 Å². The molecule has 0 saturated carbocycles. The lowest BCUT2D eigenvalue weighted by atomic mass is 10.2. The monoisotopic (exact) mass is 190 g/mol. The minimum absolute atomic E-state index is 0.226. The molecule has 0 bridgehead atoms. The van der Waals surface area contributed by atoms with Gasteiger partial charge < -0.3 is 0 Å². The van der Waals surface area contributed by atoms with Crippen LogP contribution in [-0.4, -0.2) is 0 Å². The van der Waals surface area contributed by atoms with Crippen molar-refractivity contribution in [2.75, 3.05) is 0 Å². The van der Waals surface area contributed by atoms with Crippen molar-refractivity contribution in [3.8, 4) is 0 Å². The summed E-state index contributed by atoms with van der Waals surface area (Å²) in [5.41, 5.74) is -0.651. The van der Waals surface area contributed by atoms with E-state index in [-0.39, 0.29) is 5.57 Å². The summed E-state index contributed by atoms with van der Waals surface area (Å²) >= 11 is 0. The molecule has 0 aliphatic heterocycles. The summed E-state index contributed by atoms with van der Waals surface area (Å²) in [4.78, 5) is 0. The molecule has 0 amide bonds. The Morgan fingerprint density at radius 1 is 1.50 bits per heavy atom. The quantitative estimate of drug-likeness (QED) is 0.466. The molecule has 0 heterocycles. The highest BCUT2D eigenvalue weighted by molar-refractivity contribution is 7.22. The van der Waals surface area contributed by atoms with Gasteiger partial charge in [-0.1, -0.05) is 41.3 Å². The highest BCUT2D eigenvalue weighted by atomic mass is 31.0. The Balaban J connectivity index is 4.56. The maximum atomic E-state index is 12.9. The first kappa shape index (κ1) is 11.5. The zero-order chi connectivity index (χ0) is 9.56. The van der Waals surface area contributed by atoms with E-state index < -0.39 is 11.4 Å². The molecule has 1 atom stereocenters. The van der Waals surface area contributed by atoms with E-state index in [0.717, 1.165) is 12.8 Å². The second kappa shape index (κ2) is 6.07. The largest absolute Gasteiger partial charge is 0.204 e. The Labute approximate surface area is 74.3 Å². The summed E-state index contributed by atoms with van der Waals surface area (Å²) in [7, 11) is 1.69. The maximum Gasteiger partial charge on any atom is 0.165 e. The first-order valence-corrected chi connectivity index (χ1v) is 4.34. The van der Waals surface area contributed by atoms with Crippen LogP contribution in [0.15, 0.2) is 35.7 Å². The van der Waals surface area contributed by atoms with Crippen LogP contribution in [0.2, 0.25) is 0 Å². The third-order valence-corrected chi connectivity index (χ3v) is 1.59. The van der Waals surface area contributed by atoms with E-state index in [9.17, 15) is 8.78 Å². The standard InChI is InChI=1S/C9H13F2P/c1-3-5-6-7(4-2)8(10)9(11)12/h4,6H,2-3,5,12H2,1H3/b7-6+,9-8+. The minimum Gasteiger partial charge on any atom is -0.204 e. The van der Waals surface area contributed by atoms with Gasteiger partial charge in [0.2, 0.25) is 0 Å². The average Bonchev–Trinajstić information content (AvgIpc) is 2.05. The van der Waals surface area contributed by atoms with Gasteiger partial charge in [0.05, 0.1) is 0 Å². The Morgan fingerprint density at radius 3 is 2.42 bits per heavy atom. The molecule has 0 aliphatic rings. The van der Waals surface area contributed by atoms with Crippen molar-refractivity contribution in [2.45, 2.75) is 19.8 Å². The predicted octanol–water partition coefficient (Wildman–Crippen LogP) is 3.88. The van der Waals surface area contributed by atoms with Gasteiger partial charge in [0.25, 0.3) is 0 Å². The maximum absolute atomic E-state index is 12.9. The molecular weight excluding hydrogens is 177 g/mol. The second-order valence-electron chi connectivity index (χ2n) is 2.31. The summed E-state index contributed by atoms with van der Waals surface area (Å²) < 4.78 is 25.2. The van der Waals surface area contributed by atoms with Gasteiger partial charge in [-0.05, 0) is 6.42 Å². The van der Waals surface area contributed by atoms with Gasteiger partial charge >= 0.3 is 0 Å². The van der Waals surface area contributed by atoms with E-state index >= 15 is 0 Å². The van der Waals surface area contributed by atoms with Crippen molar-refractivity contribution in [1.82, 2.24) is 0 Å². The van der Waals surface area contributed by atoms with Crippen molar-refractivity contribution in [2.24, 2.45) is 0 Å². The number of hydrogen-bond donors (Lipinski definition) is 0. The van der Waals surface area contributed by atoms with Crippen molar-refractivity contribution < 1.29 is 8.78 Å². The molecule has 0 aromatic heterocycles. The highest BCUT2D eigenvalue weighted by Crippen LogP contribution is 2.23. The second-order valence-corrected chi connectivity index (χ2v) is 2.82. The van der Waals surface area contributed by atoms with Gasteiger partial charge in [-0.3, -0.25) is 0 Å². The van der Waals surface area contributed by atoms with Crippen molar-refractivity contribution >= 4 is 9.24 Å². The fraction of sp³-hybridized carbons (Fsp3) is 0.333. The zero-order valence-corrected chi connectivity index (χ0v) is 8.26. The molecule has 12 heavy (non-hydrogen) atoms. The molecule has 0 fully saturated rings. The fourth-order valence-electron chi connectivity index (χ4n) is 0.700. The van der Waals surface area contributed by atoms with Crippen LogP contribution in [0.3, 0.4) is 0 Å². The van der Waals surface area contributed by atoms with E-state index in [1.54, 1.807) is 15.3 Å². The Hall–Kier alpha value is -0.490. The summed E-state index contributed by atoms with van der Waals surface area (Å²) in [6, 6.07) is 0. The lowest BCUT2D eigenvalue weighted by Crippen LogP contribution is -1.80. The predicted molar refractivity (Wildman–Crippen MR) is 52.1 cm³/mol. The van der Waals surface area contributed by atoms with Gasteiger partial charge in [-0.15, -0.1) is 0 Å². The van der Waals surface area contributed by atoms with Crippen LogP contribution >= 0.6 is 9.24 Å². The third kappa shape index (κ3) is 3.77. The first-order valence-electron chi connectivity index (χ1n) is 3.77. The number of rotatable bonds is 4. The van der Waals surface area contributed by atoms with Crippen LogP contribution in [-0.2, 0) is 0 Å².